The lowest BCUT2D eigenvalue weighted by Crippen LogP contribution is -2.02. The van der Waals surface area contributed by atoms with Gasteiger partial charge in [-0.05, 0) is 30.7 Å². The van der Waals surface area contributed by atoms with Crippen LogP contribution in [0.25, 0.3) is 16.7 Å². The summed E-state index contributed by atoms with van der Waals surface area (Å²) in [5.74, 6) is -0.303. The van der Waals surface area contributed by atoms with Crippen molar-refractivity contribution in [1.29, 1.82) is 0 Å². The predicted octanol–water partition coefficient (Wildman–Crippen LogP) is 5.00. The Kier molecular flexibility index (Phi) is 3.59. The largest absolute Gasteiger partial charge is 0.295 e. The summed E-state index contributed by atoms with van der Waals surface area (Å²) in [5, 5.41) is -0.0150. The highest BCUT2D eigenvalue weighted by Gasteiger charge is 2.16. The standard InChI is InChI=1S/C15H10Cl2F2N2/c1-8-2-3-9(18)4-13(8)21-14-5-10(17)11(19)6-12(14)20-15(21)7-16/h2-6H,7H2,1H3. The van der Waals surface area contributed by atoms with E-state index in [1.54, 1.807) is 10.6 Å². The van der Waals surface area contributed by atoms with E-state index in [0.29, 0.717) is 22.5 Å². The predicted molar refractivity (Wildman–Crippen MR) is 80.3 cm³/mol. The van der Waals surface area contributed by atoms with Crippen LogP contribution in [0.3, 0.4) is 0 Å². The highest BCUT2D eigenvalue weighted by molar-refractivity contribution is 6.31. The second kappa shape index (κ2) is 5.28. The Hall–Kier alpha value is -1.65. The van der Waals surface area contributed by atoms with Crippen LogP contribution in [0.5, 0.6) is 0 Å². The summed E-state index contributed by atoms with van der Waals surface area (Å²) in [5.41, 5.74) is 2.47. The smallest absolute Gasteiger partial charge is 0.144 e. The van der Waals surface area contributed by atoms with Gasteiger partial charge in [-0.1, -0.05) is 17.7 Å². The molecule has 6 heteroatoms. The molecule has 2 aromatic carbocycles. The van der Waals surface area contributed by atoms with Crippen molar-refractivity contribution < 1.29 is 8.78 Å². The Labute approximate surface area is 129 Å². The molecule has 0 spiro atoms. The summed E-state index contributed by atoms with van der Waals surface area (Å²) in [7, 11) is 0. The van der Waals surface area contributed by atoms with Crippen molar-refractivity contribution >= 4 is 34.2 Å². The Morgan fingerprint density at radius 3 is 2.67 bits per heavy atom. The molecule has 1 aromatic heterocycles. The number of hydrogen-bond donors (Lipinski definition) is 0. The van der Waals surface area contributed by atoms with Gasteiger partial charge in [0.15, 0.2) is 0 Å². The SMILES string of the molecule is Cc1ccc(F)cc1-n1c(CCl)nc2cc(F)c(Cl)cc21. The number of fused-ring (bicyclic) bond motifs is 1. The van der Waals surface area contributed by atoms with Gasteiger partial charge < -0.3 is 0 Å². The minimum Gasteiger partial charge on any atom is -0.295 e. The number of alkyl halides is 1. The van der Waals surface area contributed by atoms with Gasteiger partial charge in [0, 0.05) is 6.07 Å². The van der Waals surface area contributed by atoms with E-state index in [1.165, 1.54) is 24.3 Å². The third-order valence-corrected chi connectivity index (χ3v) is 3.83. The summed E-state index contributed by atoms with van der Waals surface area (Å²) < 4.78 is 28.8. The average molecular weight is 327 g/mol. The lowest BCUT2D eigenvalue weighted by molar-refractivity contribution is 0.625. The first-order valence-corrected chi connectivity index (χ1v) is 7.11. The fraction of sp³-hybridized carbons (Fsp3) is 0.133. The zero-order valence-electron chi connectivity index (χ0n) is 11.0. The van der Waals surface area contributed by atoms with Gasteiger partial charge in [-0.15, -0.1) is 11.6 Å². The second-order valence-corrected chi connectivity index (χ2v) is 5.36. The maximum atomic E-state index is 13.6. The molecule has 0 fully saturated rings. The molecule has 0 saturated heterocycles. The summed E-state index contributed by atoms with van der Waals surface area (Å²) in [4.78, 5) is 4.29. The van der Waals surface area contributed by atoms with Gasteiger partial charge in [-0.3, -0.25) is 4.57 Å². The van der Waals surface area contributed by atoms with Crippen molar-refractivity contribution in [3.8, 4) is 5.69 Å². The van der Waals surface area contributed by atoms with Crippen LogP contribution in [-0.2, 0) is 5.88 Å². The number of aryl methyl sites for hydroxylation is 1. The maximum absolute atomic E-state index is 13.6. The molecule has 0 radical (unpaired) electrons. The Morgan fingerprint density at radius 2 is 1.95 bits per heavy atom. The maximum Gasteiger partial charge on any atom is 0.144 e. The van der Waals surface area contributed by atoms with E-state index in [0.717, 1.165) is 5.56 Å². The summed E-state index contributed by atoms with van der Waals surface area (Å²) in [6.45, 7) is 1.85. The first-order chi connectivity index (χ1) is 10.0. The molecule has 3 rings (SSSR count). The normalized spacial score (nSPS) is 11.3. The van der Waals surface area contributed by atoms with Crippen LogP contribution in [-0.4, -0.2) is 9.55 Å². The van der Waals surface area contributed by atoms with Gasteiger partial charge >= 0.3 is 0 Å². The lowest BCUT2D eigenvalue weighted by atomic mass is 10.2. The number of aromatic nitrogens is 2. The van der Waals surface area contributed by atoms with Gasteiger partial charge in [0.2, 0.25) is 0 Å². The number of nitrogens with zero attached hydrogens (tertiary/aromatic N) is 2. The first kappa shape index (κ1) is 14.3. The van der Waals surface area contributed by atoms with Crippen LogP contribution in [0.1, 0.15) is 11.4 Å². The van der Waals surface area contributed by atoms with Crippen LogP contribution in [0, 0.1) is 18.6 Å². The van der Waals surface area contributed by atoms with E-state index in [9.17, 15) is 8.78 Å². The van der Waals surface area contributed by atoms with Crippen molar-refractivity contribution in [3.05, 3.63) is 58.4 Å². The van der Waals surface area contributed by atoms with Gasteiger partial charge in [0.05, 0.1) is 27.6 Å². The Bertz CT molecular complexity index is 843. The minimum atomic E-state index is -0.550. The molecular weight excluding hydrogens is 317 g/mol. The average Bonchev–Trinajstić information content (AvgIpc) is 2.79. The van der Waals surface area contributed by atoms with Crippen LogP contribution < -0.4 is 0 Å². The highest BCUT2D eigenvalue weighted by atomic mass is 35.5. The van der Waals surface area contributed by atoms with Gasteiger partial charge in [-0.25, -0.2) is 13.8 Å². The molecule has 0 aliphatic heterocycles. The van der Waals surface area contributed by atoms with E-state index in [-0.39, 0.29) is 16.7 Å². The van der Waals surface area contributed by atoms with E-state index in [4.69, 9.17) is 23.2 Å². The number of benzene rings is 2. The second-order valence-electron chi connectivity index (χ2n) is 4.68. The topological polar surface area (TPSA) is 17.8 Å². The van der Waals surface area contributed by atoms with Crippen LogP contribution >= 0.6 is 23.2 Å². The molecule has 21 heavy (non-hydrogen) atoms. The molecule has 3 aromatic rings. The molecule has 0 bridgehead atoms. The number of imidazole rings is 1. The molecule has 108 valence electrons. The Balaban J connectivity index is 2.40. The summed E-state index contributed by atoms with van der Waals surface area (Å²) in [6, 6.07) is 7.16. The lowest BCUT2D eigenvalue weighted by Gasteiger charge is -2.11. The summed E-state index contributed by atoms with van der Waals surface area (Å²) in [6.07, 6.45) is 0. The highest BCUT2D eigenvalue weighted by Crippen LogP contribution is 2.29. The van der Waals surface area contributed by atoms with Crippen molar-refractivity contribution in [2.24, 2.45) is 0 Å². The van der Waals surface area contributed by atoms with Crippen molar-refractivity contribution in [2.75, 3.05) is 0 Å². The van der Waals surface area contributed by atoms with E-state index < -0.39 is 5.82 Å². The van der Waals surface area contributed by atoms with Crippen molar-refractivity contribution in [3.63, 3.8) is 0 Å². The van der Waals surface area contributed by atoms with Crippen LogP contribution in [0.4, 0.5) is 8.78 Å². The van der Waals surface area contributed by atoms with Crippen molar-refractivity contribution in [2.45, 2.75) is 12.8 Å². The Morgan fingerprint density at radius 1 is 1.19 bits per heavy atom. The molecule has 2 nitrogen and oxygen atoms in total. The fourth-order valence-corrected chi connectivity index (χ4v) is 2.64. The van der Waals surface area contributed by atoms with E-state index >= 15 is 0 Å². The van der Waals surface area contributed by atoms with E-state index in [1.807, 2.05) is 6.92 Å². The molecular formula is C15H10Cl2F2N2. The molecule has 0 N–H and O–H groups in total. The van der Waals surface area contributed by atoms with Crippen LogP contribution in [0.15, 0.2) is 30.3 Å². The number of halogens is 4. The zero-order chi connectivity index (χ0) is 15.1. The third kappa shape index (κ3) is 2.39. The molecule has 0 aliphatic rings. The number of hydrogen-bond acceptors (Lipinski definition) is 1. The van der Waals surface area contributed by atoms with Crippen LogP contribution in [0.2, 0.25) is 5.02 Å². The molecule has 0 amide bonds. The molecule has 1 heterocycles. The fourth-order valence-electron chi connectivity index (χ4n) is 2.30. The van der Waals surface area contributed by atoms with Gasteiger partial charge in [-0.2, -0.15) is 0 Å². The zero-order valence-corrected chi connectivity index (χ0v) is 12.5. The van der Waals surface area contributed by atoms with Gasteiger partial charge in [0.25, 0.3) is 0 Å². The monoisotopic (exact) mass is 326 g/mol. The molecule has 0 aliphatic carbocycles. The number of rotatable bonds is 2. The molecule has 0 unspecified atom stereocenters. The third-order valence-electron chi connectivity index (χ3n) is 3.30. The molecule has 0 atom stereocenters. The van der Waals surface area contributed by atoms with Crippen molar-refractivity contribution in [1.82, 2.24) is 9.55 Å². The van der Waals surface area contributed by atoms with Gasteiger partial charge in [0.1, 0.15) is 17.5 Å². The minimum absolute atomic E-state index is 0.0150. The molecule has 0 saturated carbocycles. The summed E-state index contributed by atoms with van der Waals surface area (Å²) >= 11 is 11.8. The first-order valence-electron chi connectivity index (χ1n) is 6.20. The van der Waals surface area contributed by atoms with E-state index in [2.05, 4.69) is 4.98 Å². The quantitative estimate of drug-likeness (QED) is 0.605.